The van der Waals surface area contributed by atoms with Gasteiger partial charge in [-0.2, -0.15) is 0 Å². The lowest BCUT2D eigenvalue weighted by molar-refractivity contribution is -0.138. The molecule has 1 aliphatic rings. The average molecular weight is 266 g/mol. The van der Waals surface area contributed by atoms with Crippen LogP contribution < -0.4 is 10.6 Å². The minimum absolute atomic E-state index is 0.0246. The Labute approximate surface area is 111 Å². The summed E-state index contributed by atoms with van der Waals surface area (Å²) in [4.78, 5) is 24.7. The van der Waals surface area contributed by atoms with Crippen molar-refractivity contribution in [3.8, 4) is 0 Å². The number of rotatable bonds is 3. The van der Waals surface area contributed by atoms with Gasteiger partial charge in [-0.25, -0.2) is 0 Å². The maximum Gasteiger partial charge on any atom is 0.226 e. The molecular weight excluding hydrogens is 248 g/mol. The van der Waals surface area contributed by atoms with E-state index in [1.807, 2.05) is 13.8 Å². The van der Waals surface area contributed by atoms with Gasteiger partial charge in [-0.1, -0.05) is 6.92 Å². The molecule has 0 aromatic carbocycles. The first-order valence-electron chi connectivity index (χ1n) is 6.09. The Morgan fingerprint density at radius 1 is 1.61 bits per heavy atom. The fourth-order valence-electron chi connectivity index (χ4n) is 2.14. The normalized spacial score (nSPS) is 23.6. The molecule has 0 aliphatic carbocycles. The van der Waals surface area contributed by atoms with Gasteiger partial charge in [0.15, 0.2) is 0 Å². The van der Waals surface area contributed by atoms with Crippen molar-refractivity contribution in [3.05, 3.63) is 21.9 Å². The molecule has 0 bridgehead atoms. The molecule has 0 radical (unpaired) electrons. The Morgan fingerprint density at radius 2 is 2.39 bits per heavy atom. The molecule has 1 aromatic heterocycles. The minimum Gasteiger partial charge on any atom is -0.356 e. The molecule has 2 rings (SSSR count). The van der Waals surface area contributed by atoms with E-state index in [1.165, 1.54) is 5.56 Å². The van der Waals surface area contributed by atoms with Gasteiger partial charge in [0.25, 0.3) is 0 Å². The van der Waals surface area contributed by atoms with Crippen molar-refractivity contribution in [3.63, 3.8) is 0 Å². The molecule has 5 heteroatoms. The van der Waals surface area contributed by atoms with E-state index in [4.69, 9.17) is 0 Å². The zero-order valence-corrected chi connectivity index (χ0v) is 11.5. The van der Waals surface area contributed by atoms with Crippen molar-refractivity contribution >= 4 is 23.2 Å². The molecule has 1 aliphatic heterocycles. The standard InChI is InChI=1S/C13H18N2O2S/c1-9-5-10(18-8-9)7-15-12(17)13(2)3-4-14-11(16)6-13/h5,8H,3-4,6-7H2,1-2H3,(H,14,16)(H,15,17). The molecule has 1 fully saturated rings. The molecule has 2 heterocycles. The summed E-state index contributed by atoms with van der Waals surface area (Å²) in [6.45, 7) is 5.03. The molecule has 1 aromatic rings. The van der Waals surface area contributed by atoms with E-state index in [-0.39, 0.29) is 18.2 Å². The van der Waals surface area contributed by atoms with E-state index in [0.717, 1.165) is 4.88 Å². The lowest BCUT2D eigenvalue weighted by atomic mass is 9.80. The molecule has 4 nitrogen and oxygen atoms in total. The molecule has 98 valence electrons. The third-order valence-electron chi connectivity index (χ3n) is 3.31. The molecule has 1 unspecified atom stereocenters. The number of hydrogen-bond donors (Lipinski definition) is 2. The van der Waals surface area contributed by atoms with E-state index in [2.05, 4.69) is 22.1 Å². The second-order valence-electron chi connectivity index (χ2n) is 5.11. The maximum absolute atomic E-state index is 12.2. The lowest BCUT2D eigenvalue weighted by Crippen LogP contribution is -2.47. The minimum atomic E-state index is -0.561. The average Bonchev–Trinajstić information content (AvgIpc) is 2.71. The Bertz CT molecular complexity index is 469. The number of piperidine rings is 1. The van der Waals surface area contributed by atoms with Crippen LogP contribution in [-0.2, 0) is 16.1 Å². The smallest absolute Gasteiger partial charge is 0.226 e. The van der Waals surface area contributed by atoms with Crippen molar-refractivity contribution < 1.29 is 9.59 Å². The molecule has 1 atom stereocenters. The van der Waals surface area contributed by atoms with Crippen molar-refractivity contribution in [1.29, 1.82) is 0 Å². The van der Waals surface area contributed by atoms with Crippen LogP contribution in [0.15, 0.2) is 11.4 Å². The zero-order chi connectivity index (χ0) is 13.2. The highest BCUT2D eigenvalue weighted by Gasteiger charge is 2.37. The first-order valence-corrected chi connectivity index (χ1v) is 6.97. The third-order valence-corrected chi connectivity index (χ3v) is 4.36. The van der Waals surface area contributed by atoms with Gasteiger partial charge >= 0.3 is 0 Å². The molecular formula is C13H18N2O2S. The first-order chi connectivity index (χ1) is 8.49. The maximum atomic E-state index is 12.2. The zero-order valence-electron chi connectivity index (χ0n) is 10.7. The third kappa shape index (κ3) is 2.90. The fraction of sp³-hybridized carbons (Fsp3) is 0.538. The second kappa shape index (κ2) is 5.10. The highest BCUT2D eigenvalue weighted by atomic mass is 32.1. The van der Waals surface area contributed by atoms with Crippen LogP contribution in [0.3, 0.4) is 0 Å². The number of carbonyl (C=O) groups is 2. The van der Waals surface area contributed by atoms with Gasteiger partial charge in [-0.05, 0) is 30.4 Å². The number of aryl methyl sites for hydroxylation is 1. The Morgan fingerprint density at radius 3 is 3.00 bits per heavy atom. The van der Waals surface area contributed by atoms with Crippen LogP contribution in [0.2, 0.25) is 0 Å². The van der Waals surface area contributed by atoms with Crippen molar-refractivity contribution in [2.24, 2.45) is 5.41 Å². The van der Waals surface area contributed by atoms with E-state index in [9.17, 15) is 9.59 Å². The predicted octanol–water partition coefficient (Wildman–Crippen LogP) is 1.59. The summed E-state index contributed by atoms with van der Waals surface area (Å²) in [7, 11) is 0. The number of nitrogens with one attached hydrogen (secondary N) is 2. The summed E-state index contributed by atoms with van der Waals surface area (Å²) >= 11 is 1.64. The van der Waals surface area contributed by atoms with Crippen LogP contribution in [0.5, 0.6) is 0 Å². The van der Waals surface area contributed by atoms with Crippen LogP contribution in [0, 0.1) is 12.3 Å². The summed E-state index contributed by atoms with van der Waals surface area (Å²) in [5, 5.41) is 7.75. The topological polar surface area (TPSA) is 58.2 Å². The summed E-state index contributed by atoms with van der Waals surface area (Å²) < 4.78 is 0. The summed E-state index contributed by atoms with van der Waals surface area (Å²) in [6, 6.07) is 2.07. The van der Waals surface area contributed by atoms with Gasteiger partial charge < -0.3 is 10.6 Å². The van der Waals surface area contributed by atoms with Gasteiger partial charge in [0, 0.05) is 17.8 Å². The van der Waals surface area contributed by atoms with E-state index < -0.39 is 5.41 Å². The van der Waals surface area contributed by atoms with Gasteiger partial charge in [0.05, 0.1) is 12.0 Å². The van der Waals surface area contributed by atoms with Crippen molar-refractivity contribution in [1.82, 2.24) is 10.6 Å². The van der Waals surface area contributed by atoms with Crippen LogP contribution in [0.4, 0.5) is 0 Å². The Hall–Kier alpha value is -1.36. The van der Waals surface area contributed by atoms with Gasteiger partial charge in [-0.3, -0.25) is 9.59 Å². The predicted molar refractivity (Wildman–Crippen MR) is 71.3 cm³/mol. The van der Waals surface area contributed by atoms with Crippen LogP contribution in [-0.4, -0.2) is 18.4 Å². The Balaban J connectivity index is 1.93. The van der Waals surface area contributed by atoms with E-state index >= 15 is 0 Å². The van der Waals surface area contributed by atoms with Gasteiger partial charge in [-0.15, -0.1) is 11.3 Å². The number of amides is 2. The SMILES string of the molecule is Cc1csc(CNC(=O)C2(C)CCNC(=O)C2)c1. The molecule has 18 heavy (non-hydrogen) atoms. The molecule has 0 spiro atoms. The molecule has 2 N–H and O–H groups in total. The highest BCUT2D eigenvalue weighted by molar-refractivity contribution is 7.10. The second-order valence-corrected chi connectivity index (χ2v) is 6.11. The van der Waals surface area contributed by atoms with Crippen LogP contribution >= 0.6 is 11.3 Å². The van der Waals surface area contributed by atoms with Gasteiger partial charge in [0.1, 0.15) is 0 Å². The molecule has 0 saturated carbocycles. The summed E-state index contributed by atoms with van der Waals surface area (Å²) in [5.74, 6) is -0.0609. The quantitative estimate of drug-likeness (QED) is 0.873. The molecule has 2 amide bonds. The highest BCUT2D eigenvalue weighted by Crippen LogP contribution is 2.28. The monoisotopic (exact) mass is 266 g/mol. The van der Waals surface area contributed by atoms with Crippen LogP contribution in [0.1, 0.15) is 30.2 Å². The van der Waals surface area contributed by atoms with E-state index in [0.29, 0.717) is 19.5 Å². The van der Waals surface area contributed by atoms with Gasteiger partial charge in [0.2, 0.25) is 11.8 Å². The van der Waals surface area contributed by atoms with Crippen molar-refractivity contribution in [2.45, 2.75) is 33.2 Å². The largest absolute Gasteiger partial charge is 0.356 e. The lowest BCUT2D eigenvalue weighted by Gasteiger charge is -2.31. The fourth-order valence-corrected chi connectivity index (χ4v) is 2.96. The molecule has 1 saturated heterocycles. The van der Waals surface area contributed by atoms with Crippen LogP contribution in [0.25, 0.3) is 0 Å². The number of thiophene rings is 1. The summed E-state index contributed by atoms with van der Waals surface area (Å²) in [6.07, 6.45) is 0.982. The summed E-state index contributed by atoms with van der Waals surface area (Å²) in [5.41, 5.74) is 0.654. The van der Waals surface area contributed by atoms with E-state index in [1.54, 1.807) is 11.3 Å². The Kier molecular flexibility index (Phi) is 3.71. The number of carbonyl (C=O) groups excluding carboxylic acids is 2. The number of hydrogen-bond acceptors (Lipinski definition) is 3. The first kappa shape index (κ1) is 13.1. The van der Waals surface area contributed by atoms with Crippen molar-refractivity contribution in [2.75, 3.05) is 6.54 Å².